The predicted molar refractivity (Wildman–Crippen MR) is 134 cm³/mol. The molecule has 1 aliphatic rings. The molecule has 1 heterocycles. The highest BCUT2D eigenvalue weighted by Crippen LogP contribution is 2.44. The lowest BCUT2D eigenvalue weighted by molar-refractivity contribution is -0.129. The highest BCUT2D eigenvalue weighted by molar-refractivity contribution is 7.19. The number of aldehydes is 1. The summed E-state index contributed by atoms with van der Waals surface area (Å²) < 4.78 is 1.13. The van der Waals surface area contributed by atoms with Crippen LogP contribution in [0.25, 0.3) is 10.1 Å². The second-order valence-electron chi connectivity index (χ2n) is 9.16. The molecule has 2 N–H and O–H groups in total. The number of hydrogen-bond acceptors (Lipinski definition) is 5. The first-order valence-electron chi connectivity index (χ1n) is 11.4. The van der Waals surface area contributed by atoms with Crippen LogP contribution in [0.3, 0.4) is 0 Å². The van der Waals surface area contributed by atoms with E-state index in [1.54, 1.807) is 37.3 Å². The first-order valence-corrected chi connectivity index (χ1v) is 12.6. The fourth-order valence-electron chi connectivity index (χ4n) is 4.37. The number of ketones is 1. The van der Waals surface area contributed by atoms with Crippen LogP contribution in [0.5, 0.6) is 0 Å². The Morgan fingerprint density at radius 1 is 1.27 bits per heavy atom. The zero-order chi connectivity index (χ0) is 24.0. The lowest BCUT2D eigenvalue weighted by Gasteiger charge is -2.22. The van der Waals surface area contributed by atoms with Gasteiger partial charge in [0.05, 0.1) is 22.6 Å². The average molecular weight is 487 g/mol. The Balaban J connectivity index is 1.63. The summed E-state index contributed by atoms with van der Waals surface area (Å²) in [6.07, 6.45) is 6.15. The van der Waals surface area contributed by atoms with E-state index in [0.29, 0.717) is 38.5 Å². The Bertz CT molecular complexity index is 1070. The summed E-state index contributed by atoms with van der Waals surface area (Å²) in [6.45, 7) is 3.52. The van der Waals surface area contributed by atoms with E-state index in [1.165, 1.54) is 0 Å². The van der Waals surface area contributed by atoms with E-state index in [1.807, 2.05) is 24.3 Å². The van der Waals surface area contributed by atoms with Gasteiger partial charge in [-0.25, -0.2) is 0 Å². The molecular formula is C27H31ClO4S. The van der Waals surface area contributed by atoms with Crippen LogP contribution >= 0.6 is 22.9 Å². The van der Waals surface area contributed by atoms with E-state index >= 15 is 0 Å². The predicted octanol–water partition coefficient (Wildman–Crippen LogP) is 5.37. The van der Waals surface area contributed by atoms with Crippen LogP contribution < -0.4 is 0 Å². The van der Waals surface area contributed by atoms with Crippen molar-refractivity contribution in [1.82, 2.24) is 0 Å². The first-order chi connectivity index (χ1) is 15.8. The van der Waals surface area contributed by atoms with E-state index < -0.39 is 23.5 Å². The molecule has 4 atom stereocenters. The third-order valence-electron chi connectivity index (χ3n) is 6.44. The summed E-state index contributed by atoms with van der Waals surface area (Å²) in [5.41, 5.74) is -0.853. The van der Waals surface area contributed by atoms with Gasteiger partial charge in [-0.3, -0.25) is 4.79 Å². The second-order valence-corrected chi connectivity index (χ2v) is 10.7. The van der Waals surface area contributed by atoms with Gasteiger partial charge < -0.3 is 15.0 Å². The van der Waals surface area contributed by atoms with E-state index in [0.717, 1.165) is 26.3 Å². The Kier molecular flexibility index (Phi) is 8.89. The van der Waals surface area contributed by atoms with Crippen molar-refractivity contribution in [2.45, 2.75) is 64.6 Å². The van der Waals surface area contributed by atoms with E-state index in [-0.39, 0.29) is 11.7 Å². The quantitative estimate of drug-likeness (QED) is 0.216. The minimum absolute atomic E-state index is 0.00149. The first kappa shape index (κ1) is 25.6. The molecule has 0 amide bonds. The number of thiophene rings is 1. The minimum atomic E-state index is -0.853. The van der Waals surface area contributed by atoms with Crippen LogP contribution in [0, 0.1) is 29.1 Å². The topological polar surface area (TPSA) is 74.6 Å². The summed E-state index contributed by atoms with van der Waals surface area (Å²) in [4.78, 5) is 24.4. The number of aliphatic hydroxyl groups is 2. The number of hydrogen-bond donors (Lipinski definition) is 2. The third-order valence-corrected chi connectivity index (χ3v) is 8.21. The maximum atomic E-state index is 12.9. The van der Waals surface area contributed by atoms with Crippen molar-refractivity contribution in [1.29, 1.82) is 0 Å². The largest absolute Gasteiger partial charge is 0.391 e. The van der Waals surface area contributed by atoms with Gasteiger partial charge in [0.15, 0.2) is 0 Å². The zero-order valence-corrected chi connectivity index (χ0v) is 20.7. The molecule has 0 bridgehead atoms. The SMILES string of the molecule is CC1(C)C(=O)[C@H](CC#CCCCC=O)[C@@H](/C=C/C(O)CCc2sc3ccccc3c2Cl)[C@@H]1O. The van der Waals surface area contributed by atoms with Gasteiger partial charge in [-0.1, -0.05) is 55.8 Å². The van der Waals surface area contributed by atoms with Crippen molar-refractivity contribution in [3.05, 3.63) is 46.3 Å². The third kappa shape index (κ3) is 5.94. The molecule has 176 valence electrons. The van der Waals surface area contributed by atoms with Crippen LogP contribution in [0.4, 0.5) is 0 Å². The van der Waals surface area contributed by atoms with E-state index in [2.05, 4.69) is 11.8 Å². The van der Waals surface area contributed by atoms with Crippen LogP contribution in [-0.2, 0) is 16.0 Å². The van der Waals surface area contributed by atoms with Gasteiger partial charge in [0, 0.05) is 46.1 Å². The number of rotatable bonds is 9. The van der Waals surface area contributed by atoms with Crippen LogP contribution in [0.15, 0.2) is 36.4 Å². The highest BCUT2D eigenvalue weighted by Gasteiger charge is 2.53. The molecule has 1 unspecified atom stereocenters. The second kappa shape index (κ2) is 11.4. The molecule has 2 aromatic rings. The van der Waals surface area contributed by atoms with Crippen molar-refractivity contribution in [2.24, 2.45) is 17.3 Å². The molecule has 6 heteroatoms. The fraction of sp³-hybridized carbons (Fsp3) is 0.481. The monoisotopic (exact) mass is 486 g/mol. The molecule has 0 aliphatic heterocycles. The number of carbonyl (C=O) groups is 2. The number of aryl methyl sites for hydroxylation is 1. The highest BCUT2D eigenvalue weighted by atomic mass is 35.5. The number of benzene rings is 1. The van der Waals surface area contributed by atoms with Gasteiger partial charge in [-0.05, 0) is 25.3 Å². The normalized spacial score (nSPS) is 23.1. The van der Waals surface area contributed by atoms with Gasteiger partial charge in [0.1, 0.15) is 12.1 Å². The van der Waals surface area contributed by atoms with Gasteiger partial charge in [-0.2, -0.15) is 0 Å². The Labute approximate surface area is 204 Å². The van der Waals surface area contributed by atoms with Crippen LogP contribution in [0.1, 0.15) is 50.8 Å². The summed E-state index contributed by atoms with van der Waals surface area (Å²) in [5.74, 6) is 5.27. The van der Waals surface area contributed by atoms with Gasteiger partial charge in [0.2, 0.25) is 0 Å². The van der Waals surface area contributed by atoms with Crippen LogP contribution in [-0.4, -0.2) is 34.5 Å². The number of Topliss-reactive ketones (excluding diaryl/α,β-unsaturated/α-hetero) is 1. The molecule has 0 radical (unpaired) electrons. The van der Waals surface area contributed by atoms with Crippen molar-refractivity contribution >= 4 is 45.1 Å². The molecule has 1 fully saturated rings. The Hall–Kier alpha value is -1.97. The zero-order valence-electron chi connectivity index (χ0n) is 19.1. The summed E-state index contributed by atoms with van der Waals surface area (Å²) in [6, 6.07) is 7.99. The number of unbranched alkanes of at least 4 members (excludes halogenated alkanes) is 2. The van der Waals surface area contributed by atoms with Crippen molar-refractivity contribution < 1.29 is 19.8 Å². The number of fused-ring (bicyclic) bond motifs is 1. The molecule has 1 aromatic heterocycles. The Morgan fingerprint density at radius 3 is 2.76 bits per heavy atom. The molecule has 1 aromatic carbocycles. The van der Waals surface area contributed by atoms with E-state index in [4.69, 9.17) is 11.6 Å². The maximum Gasteiger partial charge on any atom is 0.145 e. The molecule has 3 rings (SSSR count). The molecule has 1 aliphatic carbocycles. The maximum absolute atomic E-state index is 12.9. The molecule has 0 saturated heterocycles. The molecule has 33 heavy (non-hydrogen) atoms. The molecule has 4 nitrogen and oxygen atoms in total. The van der Waals surface area contributed by atoms with Crippen molar-refractivity contribution in [3.8, 4) is 11.8 Å². The fourth-order valence-corrected chi connectivity index (χ4v) is 5.91. The van der Waals surface area contributed by atoms with Crippen molar-refractivity contribution in [2.75, 3.05) is 0 Å². The van der Waals surface area contributed by atoms with Crippen molar-refractivity contribution in [3.63, 3.8) is 0 Å². The standard InChI is InChI=1S/C27H31ClO4S/c1-27(2)25(31)19(10-6-4-3-5-9-17-29)20(26(27)32)15-13-18(30)14-16-23-24(28)21-11-7-8-12-22(21)33-23/h7-8,11-13,15,17-20,26,30,32H,3,5,9-10,14,16H2,1-2H3/b15-13+/t18?,19-,20-,26+/m1/s1. The molecule has 1 saturated carbocycles. The van der Waals surface area contributed by atoms with Gasteiger partial charge in [-0.15, -0.1) is 23.2 Å². The lowest BCUT2D eigenvalue weighted by atomic mass is 9.86. The average Bonchev–Trinajstić information content (AvgIpc) is 3.20. The number of carbonyl (C=O) groups excluding carboxylic acids is 2. The van der Waals surface area contributed by atoms with Crippen LogP contribution in [0.2, 0.25) is 5.02 Å². The van der Waals surface area contributed by atoms with E-state index in [9.17, 15) is 19.8 Å². The lowest BCUT2D eigenvalue weighted by Crippen LogP contribution is -2.31. The number of aliphatic hydroxyl groups excluding tert-OH is 2. The number of halogens is 1. The van der Waals surface area contributed by atoms with Gasteiger partial charge >= 0.3 is 0 Å². The Morgan fingerprint density at radius 2 is 2.03 bits per heavy atom. The summed E-state index contributed by atoms with van der Waals surface area (Å²) in [7, 11) is 0. The summed E-state index contributed by atoms with van der Waals surface area (Å²) >= 11 is 8.15. The smallest absolute Gasteiger partial charge is 0.145 e. The molecular weight excluding hydrogens is 456 g/mol. The summed E-state index contributed by atoms with van der Waals surface area (Å²) in [5, 5.41) is 23.1. The minimum Gasteiger partial charge on any atom is -0.391 e. The molecule has 0 spiro atoms. The van der Waals surface area contributed by atoms with Gasteiger partial charge in [0.25, 0.3) is 0 Å².